The van der Waals surface area contributed by atoms with Crippen LogP contribution in [0.4, 0.5) is 5.69 Å². The summed E-state index contributed by atoms with van der Waals surface area (Å²) in [5.41, 5.74) is 0.677. The molecule has 1 aromatic rings. The number of amides is 1. The minimum absolute atomic E-state index is 0.104. The number of carbonyl (C=O) groups is 2. The van der Waals surface area contributed by atoms with E-state index in [2.05, 4.69) is 5.32 Å². The van der Waals surface area contributed by atoms with Gasteiger partial charge < -0.3 is 15.2 Å². The molecule has 18 heavy (non-hydrogen) atoms. The molecule has 0 aliphatic carbocycles. The van der Waals surface area contributed by atoms with Crippen molar-refractivity contribution in [3.05, 3.63) is 29.8 Å². The first-order valence-corrected chi connectivity index (χ1v) is 5.86. The fraction of sp³-hybridized carbons (Fsp3) is 0.385. The number of aromatic carboxylic acids is 1. The maximum absolute atomic E-state index is 11.7. The number of ether oxygens (including phenoxy) is 1. The van der Waals surface area contributed by atoms with E-state index in [9.17, 15) is 9.59 Å². The van der Waals surface area contributed by atoms with Gasteiger partial charge in [0.2, 0.25) is 5.91 Å². The number of carbonyl (C=O) groups excluding carboxylic acids is 1. The number of carboxylic acids is 1. The molecule has 5 heteroatoms. The Labute approximate surface area is 105 Å². The van der Waals surface area contributed by atoms with Crippen LogP contribution in [0.1, 0.15) is 23.2 Å². The number of hydrogen-bond donors (Lipinski definition) is 2. The lowest BCUT2D eigenvalue weighted by Crippen LogP contribution is -2.16. The average Bonchev–Trinajstić information content (AvgIpc) is 2.82. The van der Waals surface area contributed by atoms with Crippen LogP contribution in [0.2, 0.25) is 0 Å². The van der Waals surface area contributed by atoms with E-state index in [1.165, 1.54) is 12.1 Å². The second-order valence-corrected chi connectivity index (χ2v) is 4.37. The van der Waals surface area contributed by atoms with Gasteiger partial charge in [0.25, 0.3) is 0 Å². The third-order valence-electron chi connectivity index (χ3n) is 2.89. The highest BCUT2D eigenvalue weighted by atomic mass is 16.5. The van der Waals surface area contributed by atoms with E-state index >= 15 is 0 Å². The summed E-state index contributed by atoms with van der Waals surface area (Å²) in [6.45, 7) is 1.34. The van der Waals surface area contributed by atoms with Crippen LogP contribution in [0.5, 0.6) is 0 Å². The number of rotatable bonds is 4. The van der Waals surface area contributed by atoms with Gasteiger partial charge in [-0.2, -0.15) is 0 Å². The molecule has 5 nitrogen and oxygen atoms in total. The molecule has 1 amide bonds. The van der Waals surface area contributed by atoms with Crippen molar-refractivity contribution in [1.82, 2.24) is 0 Å². The molecule has 0 bridgehead atoms. The van der Waals surface area contributed by atoms with Crippen LogP contribution in [-0.4, -0.2) is 30.2 Å². The lowest BCUT2D eigenvalue weighted by Gasteiger charge is -2.09. The zero-order valence-electron chi connectivity index (χ0n) is 9.89. The van der Waals surface area contributed by atoms with Gasteiger partial charge >= 0.3 is 5.97 Å². The number of anilines is 1. The molecule has 1 aliphatic rings. The van der Waals surface area contributed by atoms with Crippen molar-refractivity contribution in [2.45, 2.75) is 12.8 Å². The summed E-state index contributed by atoms with van der Waals surface area (Å²) in [4.78, 5) is 22.5. The van der Waals surface area contributed by atoms with E-state index in [-0.39, 0.29) is 17.4 Å². The summed E-state index contributed by atoms with van der Waals surface area (Å²) >= 11 is 0. The molecule has 0 saturated carbocycles. The van der Waals surface area contributed by atoms with Gasteiger partial charge in [-0.25, -0.2) is 4.79 Å². The fourth-order valence-corrected chi connectivity index (χ4v) is 1.95. The second kappa shape index (κ2) is 5.64. The molecule has 1 heterocycles. The number of benzene rings is 1. The molecule has 0 aromatic heterocycles. The van der Waals surface area contributed by atoms with Crippen LogP contribution in [0, 0.1) is 5.92 Å². The summed E-state index contributed by atoms with van der Waals surface area (Å²) < 4.78 is 5.20. The lowest BCUT2D eigenvalue weighted by atomic mass is 10.0. The van der Waals surface area contributed by atoms with Crippen molar-refractivity contribution in [2.24, 2.45) is 5.92 Å². The Morgan fingerprint density at radius 3 is 2.94 bits per heavy atom. The molecular weight excluding hydrogens is 234 g/mol. The highest BCUT2D eigenvalue weighted by molar-refractivity contribution is 5.93. The van der Waals surface area contributed by atoms with Crippen molar-refractivity contribution in [3.63, 3.8) is 0 Å². The minimum atomic E-state index is -1.00. The van der Waals surface area contributed by atoms with E-state index < -0.39 is 5.97 Å². The highest BCUT2D eigenvalue weighted by Gasteiger charge is 2.19. The van der Waals surface area contributed by atoms with Gasteiger partial charge in [-0.15, -0.1) is 0 Å². The third-order valence-corrected chi connectivity index (χ3v) is 2.89. The van der Waals surface area contributed by atoms with Gasteiger partial charge in [0.15, 0.2) is 0 Å². The number of nitrogens with one attached hydrogen (secondary N) is 1. The molecule has 1 aliphatic heterocycles. The highest BCUT2D eigenvalue weighted by Crippen LogP contribution is 2.18. The van der Waals surface area contributed by atoms with Gasteiger partial charge in [0.05, 0.1) is 5.56 Å². The first-order valence-electron chi connectivity index (χ1n) is 5.86. The fourth-order valence-electron chi connectivity index (χ4n) is 1.95. The SMILES string of the molecule is O=C(CC1CCOC1)Nc1cccc(C(=O)O)c1. The standard InChI is InChI=1S/C13H15NO4/c15-12(6-9-4-5-18-8-9)14-11-3-1-2-10(7-11)13(16)17/h1-3,7,9H,4-6,8H2,(H,14,15)(H,16,17). The predicted molar refractivity (Wildman–Crippen MR) is 65.6 cm³/mol. The lowest BCUT2D eigenvalue weighted by molar-refractivity contribution is -0.117. The summed E-state index contributed by atoms with van der Waals surface area (Å²) in [6.07, 6.45) is 1.32. The molecule has 96 valence electrons. The maximum Gasteiger partial charge on any atom is 0.335 e. The Kier molecular flexibility index (Phi) is 3.94. The van der Waals surface area contributed by atoms with Crippen molar-refractivity contribution >= 4 is 17.6 Å². The molecule has 0 radical (unpaired) electrons. The summed E-state index contributed by atoms with van der Waals surface area (Å²) in [6, 6.07) is 6.22. The Morgan fingerprint density at radius 1 is 1.44 bits per heavy atom. The number of carboxylic acid groups (broad SMARTS) is 1. The molecule has 2 N–H and O–H groups in total. The molecule has 1 saturated heterocycles. The molecule has 1 aromatic carbocycles. The van der Waals surface area contributed by atoms with Crippen LogP contribution in [0.3, 0.4) is 0 Å². The third kappa shape index (κ3) is 3.30. The molecule has 1 atom stereocenters. The smallest absolute Gasteiger partial charge is 0.335 e. The van der Waals surface area contributed by atoms with Gasteiger partial charge in [0, 0.05) is 25.3 Å². The Hall–Kier alpha value is -1.88. The normalized spacial score (nSPS) is 18.6. The first-order chi connectivity index (χ1) is 8.65. The maximum atomic E-state index is 11.7. The topological polar surface area (TPSA) is 75.6 Å². The van der Waals surface area contributed by atoms with Crippen LogP contribution < -0.4 is 5.32 Å². The molecule has 2 rings (SSSR count). The molecule has 0 spiro atoms. The predicted octanol–water partition coefficient (Wildman–Crippen LogP) is 1.75. The largest absolute Gasteiger partial charge is 0.478 e. The van der Waals surface area contributed by atoms with E-state index in [1.807, 2.05) is 0 Å². The number of hydrogen-bond acceptors (Lipinski definition) is 3. The van der Waals surface area contributed by atoms with E-state index in [1.54, 1.807) is 12.1 Å². The quantitative estimate of drug-likeness (QED) is 0.852. The van der Waals surface area contributed by atoms with E-state index in [0.29, 0.717) is 25.3 Å². The van der Waals surface area contributed by atoms with Crippen molar-refractivity contribution in [1.29, 1.82) is 0 Å². The molecular formula is C13H15NO4. The Morgan fingerprint density at radius 2 is 2.28 bits per heavy atom. The van der Waals surface area contributed by atoms with Crippen LogP contribution >= 0.6 is 0 Å². The monoisotopic (exact) mass is 249 g/mol. The van der Waals surface area contributed by atoms with Crippen molar-refractivity contribution < 1.29 is 19.4 Å². The Bertz CT molecular complexity index is 452. The van der Waals surface area contributed by atoms with Crippen molar-refractivity contribution in [3.8, 4) is 0 Å². The molecule has 1 unspecified atom stereocenters. The van der Waals surface area contributed by atoms with Gasteiger partial charge in [-0.3, -0.25) is 4.79 Å². The zero-order chi connectivity index (χ0) is 13.0. The van der Waals surface area contributed by atoms with E-state index in [0.717, 1.165) is 6.42 Å². The summed E-state index contributed by atoms with van der Waals surface area (Å²) in [5.74, 6) is -0.837. The average molecular weight is 249 g/mol. The zero-order valence-corrected chi connectivity index (χ0v) is 9.89. The van der Waals surface area contributed by atoms with Gasteiger partial charge in [-0.1, -0.05) is 6.07 Å². The Balaban J connectivity index is 1.93. The summed E-state index contributed by atoms with van der Waals surface area (Å²) in [5, 5.41) is 11.6. The second-order valence-electron chi connectivity index (χ2n) is 4.37. The van der Waals surface area contributed by atoms with Crippen LogP contribution in [0.15, 0.2) is 24.3 Å². The minimum Gasteiger partial charge on any atom is -0.478 e. The van der Waals surface area contributed by atoms with Crippen LogP contribution in [0.25, 0.3) is 0 Å². The summed E-state index contributed by atoms with van der Waals surface area (Å²) in [7, 11) is 0. The van der Waals surface area contributed by atoms with Crippen molar-refractivity contribution in [2.75, 3.05) is 18.5 Å². The van der Waals surface area contributed by atoms with Gasteiger partial charge in [-0.05, 0) is 30.5 Å². The molecule has 1 fully saturated rings. The first kappa shape index (κ1) is 12.6. The van der Waals surface area contributed by atoms with E-state index in [4.69, 9.17) is 9.84 Å². The van der Waals surface area contributed by atoms with Crippen LogP contribution in [-0.2, 0) is 9.53 Å². The van der Waals surface area contributed by atoms with Gasteiger partial charge in [0.1, 0.15) is 0 Å².